The number of para-hydroxylation sites is 1. The lowest BCUT2D eigenvalue weighted by Gasteiger charge is -2.22. The van der Waals surface area contributed by atoms with Gasteiger partial charge < -0.3 is 39.8 Å². The minimum atomic E-state index is -0.588. The molecule has 55 heavy (non-hydrogen) atoms. The van der Waals surface area contributed by atoms with Crippen LogP contribution in [0, 0.1) is 6.92 Å². The Morgan fingerprint density at radius 1 is 0.782 bits per heavy atom. The monoisotopic (exact) mass is 753 g/mol. The molecule has 0 fully saturated rings. The molecule has 0 saturated carbocycles. The molecule has 0 saturated heterocycles. The van der Waals surface area contributed by atoms with Crippen molar-refractivity contribution in [1.82, 2.24) is 10.3 Å². The van der Waals surface area contributed by atoms with Gasteiger partial charge in [-0.2, -0.15) is 0 Å². The van der Waals surface area contributed by atoms with E-state index in [1.165, 1.54) is 12.0 Å². The molecule has 13 nitrogen and oxygen atoms in total. The third kappa shape index (κ3) is 13.4. The Hall–Kier alpha value is -6.11. The minimum Gasteiger partial charge on any atom is -0.495 e. The lowest BCUT2D eigenvalue weighted by Crippen LogP contribution is -2.33. The van der Waals surface area contributed by atoms with E-state index in [0.29, 0.717) is 72.2 Å². The van der Waals surface area contributed by atoms with Crippen LogP contribution in [0.15, 0.2) is 85.2 Å². The summed E-state index contributed by atoms with van der Waals surface area (Å²) in [5.74, 6) is 0.480. The fourth-order valence-corrected chi connectivity index (χ4v) is 5.38. The predicted octanol–water partition coefficient (Wildman–Crippen LogP) is 7.80. The first kappa shape index (κ1) is 41.6. The molecule has 0 aliphatic carbocycles. The maximum Gasteiger partial charge on any atom is 0.407 e. The highest BCUT2D eigenvalue weighted by atomic mass is 16.6. The molecule has 0 aliphatic rings. The Balaban J connectivity index is 1.31. The average Bonchev–Trinajstić information content (AvgIpc) is 3.15. The number of hydrogen-bond acceptors (Lipinski definition) is 9. The second-order valence-electron chi connectivity index (χ2n) is 13.8. The number of alkyl carbamates (subject to hydrolysis) is 1. The first-order chi connectivity index (χ1) is 26.3. The van der Waals surface area contributed by atoms with Crippen LogP contribution in [-0.2, 0) is 9.53 Å². The van der Waals surface area contributed by atoms with Crippen molar-refractivity contribution in [3.05, 3.63) is 102 Å². The van der Waals surface area contributed by atoms with E-state index in [1.54, 1.807) is 94.8 Å². The predicted molar refractivity (Wildman–Crippen MR) is 212 cm³/mol. The summed E-state index contributed by atoms with van der Waals surface area (Å²) in [6.07, 6.45) is 5.92. The van der Waals surface area contributed by atoms with Crippen molar-refractivity contribution in [1.29, 1.82) is 0 Å². The van der Waals surface area contributed by atoms with Crippen molar-refractivity contribution < 1.29 is 38.1 Å². The summed E-state index contributed by atoms with van der Waals surface area (Å²) in [6, 6.07) is 20.8. The van der Waals surface area contributed by atoms with Crippen molar-refractivity contribution in [2.24, 2.45) is 0 Å². The number of pyridine rings is 1. The summed E-state index contributed by atoms with van der Waals surface area (Å²) in [5, 5.41) is 8.41. The van der Waals surface area contributed by atoms with Crippen LogP contribution in [-0.4, -0.2) is 68.3 Å². The zero-order valence-electron chi connectivity index (χ0n) is 32.4. The minimum absolute atomic E-state index is 0.0464. The van der Waals surface area contributed by atoms with Crippen molar-refractivity contribution in [2.45, 2.75) is 65.4 Å². The van der Waals surface area contributed by atoms with Gasteiger partial charge in [0, 0.05) is 43.7 Å². The average molecular weight is 754 g/mol. The Kier molecular flexibility index (Phi) is 15.4. The van der Waals surface area contributed by atoms with Gasteiger partial charge in [-0.15, -0.1) is 0 Å². The van der Waals surface area contributed by atoms with Crippen molar-refractivity contribution >= 4 is 40.9 Å². The van der Waals surface area contributed by atoms with E-state index in [2.05, 4.69) is 20.9 Å². The molecule has 0 atom stereocenters. The van der Waals surface area contributed by atoms with E-state index in [0.717, 1.165) is 24.1 Å². The van der Waals surface area contributed by atoms with Gasteiger partial charge >= 0.3 is 6.09 Å². The van der Waals surface area contributed by atoms with E-state index in [1.807, 2.05) is 25.1 Å². The number of amides is 4. The van der Waals surface area contributed by atoms with E-state index < -0.39 is 17.6 Å². The summed E-state index contributed by atoms with van der Waals surface area (Å²) in [4.78, 5) is 56.7. The normalized spacial score (nSPS) is 10.9. The van der Waals surface area contributed by atoms with Gasteiger partial charge in [0.2, 0.25) is 5.91 Å². The quantitative estimate of drug-likeness (QED) is 0.0863. The van der Waals surface area contributed by atoms with Gasteiger partial charge in [0.05, 0.1) is 37.3 Å². The molecule has 0 bridgehead atoms. The topological polar surface area (TPSA) is 157 Å². The Morgan fingerprint density at radius 3 is 2.25 bits per heavy atom. The van der Waals surface area contributed by atoms with Gasteiger partial charge in [-0.1, -0.05) is 18.2 Å². The van der Waals surface area contributed by atoms with Crippen LogP contribution in [0.4, 0.5) is 21.9 Å². The maximum absolute atomic E-state index is 13.7. The molecule has 4 aromatic rings. The number of hydrogen-bond donors (Lipinski definition) is 3. The van der Waals surface area contributed by atoms with Crippen molar-refractivity contribution in [3.8, 4) is 17.2 Å². The number of methoxy groups -OCH3 is 1. The molecule has 4 rings (SSSR count). The number of benzene rings is 3. The van der Waals surface area contributed by atoms with Gasteiger partial charge in [-0.25, -0.2) is 4.79 Å². The van der Waals surface area contributed by atoms with Crippen LogP contribution >= 0.6 is 0 Å². The first-order valence-corrected chi connectivity index (χ1v) is 18.2. The number of carbonyl (C=O) groups excluding carboxylic acids is 4. The fraction of sp³-hybridized carbons (Fsp3) is 0.357. The van der Waals surface area contributed by atoms with Crippen molar-refractivity contribution in [3.63, 3.8) is 0 Å². The number of carbonyl (C=O) groups is 4. The second-order valence-corrected chi connectivity index (χ2v) is 13.8. The SMILES string of the molecule is COc1cc(C(=O)N(C)c2ccc(C)cc2OCCCCCC(=O)Nc2ccncc2)ccc1NC(=O)c1ccccc1OCCCNC(=O)OC(C)(C)C. The summed E-state index contributed by atoms with van der Waals surface area (Å²) >= 11 is 0. The van der Waals surface area contributed by atoms with Gasteiger partial charge in [-0.3, -0.25) is 19.4 Å². The van der Waals surface area contributed by atoms with E-state index in [4.69, 9.17) is 18.9 Å². The van der Waals surface area contributed by atoms with E-state index in [9.17, 15) is 19.2 Å². The summed E-state index contributed by atoms with van der Waals surface area (Å²) in [7, 11) is 3.14. The van der Waals surface area contributed by atoms with Gasteiger partial charge in [0.25, 0.3) is 11.8 Å². The number of aryl methyl sites for hydroxylation is 1. The zero-order valence-corrected chi connectivity index (χ0v) is 32.4. The molecule has 292 valence electrons. The number of anilines is 3. The number of ether oxygens (including phenoxy) is 4. The molecule has 1 heterocycles. The number of nitrogens with zero attached hydrogens (tertiary/aromatic N) is 2. The van der Waals surface area contributed by atoms with Gasteiger partial charge in [0.15, 0.2) is 0 Å². The molecule has 0 radical (unpaired) electrons. The van der Waals surface area contributed by atoms with Gasteiger partial charge in [-0.05, 0) is 114 Å². The number of unbranched alkanes of at least 4 members (excludes halogenated alkanes) is 2. The molecule has 13 heteroatoms. The smallest absolute Gasteiger partial charge is 0.407 e. The molecular weight excluding hydrogens is 702 g/mol. The number of nitrogens with one attached hydrogen (secondary N) is 3. The van der Waals surface area contributed by atoms with Crippen LogP contribution in [0.5, 0.6) is 17.2 Å². The molecule has 0 aliphatic heterocycles. The largest absolute Gasteiger partial charge is 0.495 e. The number of rotatable bonds is 18. The summed E-state index contributed by atoms with van der Waals surface area (Å²) < 4.78 is 22.8. The summed E-state index contributed by atoms with van der Waals surface area (Å²) in [5.41, 5.74) is 2.74. The molecule has 3 N–H and O–H groups in total. The molecule has 0 spiro atoms. The summed E-state index contributed by atoms with van der Waals surface area (Å²) in [6.45, 7) is 8.36. The highest BCUT2D eigenvalue weighted by Crippen LogP contribution is 2.32. The molecule has 4 amide bonds. The second kappa shape index (κ2) is 20.4. The molecule has 1 aromatic heterocycles. The Bertz CT molecular complexity index is 1910. The lowest BCUT2D eigenvalue weighted by atomic mass is 10.1. The highest BCUT2D eigenvalue weighted by Gasteiger charge is 2.21. The van der Waals surface area contributed by atoms with E-state index in [-0.39, 0.29) is 18.4 Å². The molecule has 0 unspecified atom stereocenters. The third-order valence-electron chi connectivity index (χ3n) is 8.13. The Labute approximate surface area is 322 Å². The molecular formula is C42H51N5O8. The van der Waals surface area contributed by atoms with Crippen LogP contribution in [0.2, 0.25) is 0 Å². The Morgan fingerprint density at radius 2 is 1.51 bits per heavy atom. The standard InChI is InChI=1S/C42H51N5O8/c1-29-16-19-34(37(27-29)54-25-11-7-8-15-38(48)45-31-20-23-43-24-21-31)47(5)40(50)30-17-18-33(36(28-30)52-6)46-39(49)32-13-9-10-14-35(32)53-26-12-22-44-41(51)55-42(2,3)4/h9-10,13-14,16-21,23-24,27-28H,7-8,11-12,15,22,25-26H2,1-6H3,(H,44,51)(H,46,49)(H,43,45,48). The maximum atomic E-state index is 13.7. The van der Waals surface area contributed by atoms with Crippen LogP contribution in [0.1, 0.15) is 79.2 Å². The first-order valence-electron chi connectivity index (χ1n) is 18.2. The third-order valence-corrected chi connectivity index (χ3v) is 8.13. The van der Waals surface area contributed by atoms with Crippen LogP contribution in [0.3, 0.4) is 0 Å². The number of aromatic nitrogens is 1. The van der Waals surface area contributed by atoms with Crippen molar-refractivity contribution in [2.75, 3.05) is 49.4 Å². The zero-order chi connectivity index (χ0) is 39.8. The highest BCUT2D eigenvalue weighted by molar-refractivity contribution is 6.09. The van der Waals surface area contributed by atoms with Crippen LogP contribution in [0.25, 0.3) is 0 Å². The molecule has 3 aromatic carbocycles. The van der Waals surface area contributed by atoms with Gasteiger partial charge in [0.1, 0.15) is 22.8 Å². The van der Waals surface area contributed by atoms with Crippen LogP contribution < -0.4 is 35.1 Å². The van der Waals surface area contributed by atoms with E-state index >= 15 is 0 Å². The fourth-order valence-electron chi connectivity index (χ4n) is 5.38. The lowest BCUT2D eigenvalue weighted by molar-refractivity contribution is -0.116.